The molecule has 162 valence electrons. The molecule has 2 aliphatic heterocycles. The number of hydrogen-bond acceptors (Lipinski definition) is 4. The molecule has 2 aliphatic rings. The number of fused-ring (bicyclic) bond motifs is 2. The smallest absolute Gasteiger partial charge is 0.227 e. The van der Waals surface area contributed by atoms with E-state index in [1.807, 2.05) is 24.1 Å². The fraction of sp³-hybridized carbons (Fsp3) is 0.296. The van der Waals surface area contributed by atoms with Crippen LogP contribution in [0.3, 0.4) is 0 Å². The molecular weight excluding hydrogens is 396 g/mol. The lowest BCUT2D eigenvalue weighted by Gasteiger charge is -2.29. The van der Waals surface area contributed by atoms with Gasteiger partial charge < -0.3 is 10.2 Å². The molecule has 3 aromatic rings. The summed E-state index contributed by atoms with van der Waals surface area (Å²) in [6.45, 7) is 7.77. The molecule has 1 aromatic heterocycles. The van der Waals surface area contributed by atoms with Crippen LogP contribution in [-0.4, -0.2) is 34.6 Å². The van der Waals surface area contributed by atoms with Gasteiger partial charge in [-0.25, -0.2) is 0 Å². The van der Waals surface area contributed by atoms with E-state index < -0.39 is 0 Å². The number of hydrogen-bond donors (Lipinski definition) is 1. The van der Waals surface area contributed by atoms with Gasteiger partial charge in [0.25, 0.3) is 0 Å². The quantitative estimate of drug-likeness (QED) is 0.614. The average Bonchev–Trinajstić information content (AvgIpc) is 3.18. The maximum atomic E-state index is 12.8. The first-order valence-electron chi connectivity index (χ1n) is 11.2. The first kappa shape index (κ1) is 20.6. The molecule has 0 unspecified atom stereocenters. The van der Waals surface area contributed by atoms with Crippen LogP contribution in [0.25, 0.3) is 0 Å². The summed E-state index contributed by atoms with van der Waals surface area (Å²) in [5.74, 6) is 0.207. The second kappa shape index (κ2) is 8.67. The number of nitrogens with zero attached hydrogens (tertiary/aromatic N) is 3. The minimum atomic E-state index is 0.207. The highest BCUT2D eigenvalue weighted by Crippen LogP contribution is 2.30. The van der Waals surface area contributed by atoms with Gasteiger partial charge in [0.15, 0.2) is 0 Å². The summed E-state index contributed by atoms with van der Waals surface area (Å²) >= 11 is 0. The highest BCUT2D eigenvalue weighted by molar-refractivity contribution is 6.15. The van der Waals surface area contributed by atoms with Crippen molar-refractivity contribution < 1.29 is 4.79 Å². The van der Waals surface area contributed by atoms with E-state index in [1.54, 1.807) is 0 Å². The second-order valence-corrected chi connectivity index (χ2v) is 8.79. The molecule has 1 amide bonds. The molecule has 0 saturated heterocycles. The Hall–Kier alpha value is -3.31. The van der Waals surface area contributed by atoms with Crippen LogP contribution in [-0.2, 0) is 30.8 Å². The Kier molecular flexibility index (Phi) is 5.58. The number of carbonyl (C=O) groups excluding carboxylic acids is 1. The molecule has 5 heteroatoms. The molecule has 0 spiro atoms. The van der Waals surface area contributed by atoms with Crippen LogP contribution in [0.5, 0.6) is 0 Å². The van der Waals surface area contributed by atoms with E-state index >= 15 is 0 Å². The van der Waals surface area contributed by atoms with E-state index in [-0.39, 0.29) is 5.91 Å². The van der Waals surface area contributed by atoms with Crippen molar-refractivity contribution in [3.8, 4) is 0 Å². The number of nitrogens with one attached hydrogen (secondary N) is 1. The third kappa shape index (κ3) is 4.21. The number of aliphatic imine (C=N–C) groups is 1. The molecule has 5 rings (SSSR count). The minimum absolute atomic E-state index is 0.207. The summed E-state index contributed by atoms with van der Waals surface area (Å²) in [6, 6.07) is 17.1. The molecule has 0 fully saturated rings. The summed E-state index contributed by atoms with van der Waals surface area (Å²) in [7, 11) is 0. The third-order valence-electron chi connectivity index (χ3n) is 6.28. The van der Waals surface area contributed by atoms with Crippen molar-refractivity contribution in [3.63, 3.8) is 0 Å². The molecule has 0 aliphatic carbocycles. The van der Waals surface area contributed by atoms with Crippen LogP contribution in [0.2, 0.25) is 0 Å². The number of benzene rings is 2. The number of aromatic nitrogens is 1. The standard InChI is InChI=1S/C27H28N4O/c1-18-4-3-5-20(10-18)15-28-8-9-31-17-24-13-25-23(12-22(24)14-26(31)32)16-30-27(25)21-6-7-29-19(2)11-21/h3-7,10-13,28H,8-9,14-17H2,1-2H3. The normalized spacial score (nSPS) is 14.9. The van der Waals surface area contributed by atoms with Gasteiger partial charge in [-0.15, -0.1) is 0 Å². The zero-order chi connectivity index (χ0) is 22.1. The maximum absolute atomic E-state index is 12.8. The molecule has 1 N–H and O–H groups in total. The SMILES string of the molecule is Cc1cccc(CNCCN2Cc3cc4c(cc3CC2=O)CN=C4c2ccnc(C)c2)c1. The maximum Gasteiger partial charge on any atom is 0.227 e. The highest BCUT2D eigenvalue weighted by atomic mass is 16.2. The molecular formula is C27H28N4O. The largest absolute Gasteiger partial charge is 0.337 e. The Morgan fingerprint density at radius 2 is 1.94 bits per heavy atom. The zero-order valence-corrected chi connectivity index (χ0v) is 18.7. The molecule has 5 nitrogen and oxygen atoms in total. The van der Waals surface area contributed by atoms with Crippen LogP contribution in [0, 0.1) is 13.8 Å². The Labute approximate surface area is 189 Å². The predicted octanol–water partition coefficient (Wildman–Crippen LogP) is 3.72. The van der Waals surface area contributed by atoms with Crippen molar-refractivity contribution in [2.45, 2.75) is 39.9 Å². The first-order chi connectivity index (χ1) is 15.6. The lowest BCUT2D eigenvalue weighted by Crippen LogP contribution is -2.40. The fourth-order valence-electron chi connectivity index (χ4n) is 4.63. The van der Waals surface area contributed by atoms with Crippen molar-refractivity contribution in [1.82, 2.24) is 15.2 Å². The summed E-state index contributed by atoms with van der Waals surface area (Å²) in [5, 5.41) is 3.48. The fourth-order valence-corrected chi connectivity index (χ4v) is 4.63. The minimum Gasteiger partial charge on any atom is -0.337 e. The van der Waals surface area contributed by atoms with Crippen molar-refractivity contribution in [1.29, 1.82) is 0 Å². The van der Waals surface area contributed by atoms with E-state index in [4.69, 9.17) is 4.99 Å². The molecule has 2 aromatic carbocycles. The van der Waals surface area contributed by atoms with E-state index in [0.717, 1.165) is 35.6 Å². The first-order valence-corrected chi connectivity index (χ1v) is 11.2. The molecule has 0 radical (unpaired) electrons. The Morgan fingerprint density at radius 1 is 1.03 bits per heavy atom. The van der Waals surface area contributed by atoms with Crippen LogP contribution in [0.1, 0.15) is 44.6 Å². The van der Waals surface area contributed by atoms with Gasteiger partial charge in [-0.2, -0.15) is 0 Å². The van der Waals surface area contributed by atoms with Crippen molar-refractivity contribution in [2.75, 3.05) is 13.1 Å². The lowest BCUT2D eigenvalue weighted by atomic mass is 9.91. The third-order valence-corrected chi connectivity index (χ3v) is 6.28. The van der Waals surface area contributed by atoms with Gasteiger partial charge in [-0.3, -0.25) is 14.8 Å². The predicted molar refractivity (Wildman–Crippen MR) is 127 cm³/mol. The Bertz CT molecular complexity index is 1210. The summed E-state index contributed by atoms with van der Waals surface area (Å²) in [5.41, 5.74) is 10.5. The summed E-state index contributed by atoms with van der Waals surface area (Å²) in [4.78, 5) is 23.8. The van der Waals surface area contributed by atoms with E-state index in [9.17, 15) is 4.79 Å². The van der Waals surface area contributed by atoms with E-state index in [1.165, 1.54) is 27.8 Å². The van der Waals surface area contributed by atoms with Crippen molar-refractivity contribution >= 4 is 11.6 Å². The van der Waals surface area contributed by atoms with Crippen LogP contribution >= 0.6 is 0 Å². The summed E-state index contributed by atoms with van der Waals surface area (Å²) < 4.78 is 0. The van der Waals surface area contributed by atoms with Crippen molar-refractivity contribution in [3.05, 3.63) is 99.4 Å². The molecule has 0 bridgehead atoms. The van der Waals surface area contributed by atoms with Gasteiger partial charge in [0.2, 0.25) is 5.91 Å². The number of rotatable bonds is 6. The second-order valence-electron chi connectivity index (χ2n) is 8.79. The number of aryl methyl sites for hydroxylation is 2. The van der Waals surface area contributed by atoms with Gasteiger partial charge in [0.05, 0.1) is 18.7 Å². The van der Waals surface area contributed by atoms with Crippen LogP contribution in [0.15, 0.2) is 59.7 Å². The Balaban J connectivity index is 1.27. The zero-order valence-electron chi connectivity index (χ0n) is 18.7. The number of amides is 1. The molecule has 0 saturated carbocycles. The van der Waals surface area contributed by atoms with Gasteiger partial charge in [0.1, 0.15) is 0 Å². The van der Waals surface area contributed by atoms with Gasteiger partial charge in [-0.05, 0) is 54.3 Å². The monoisotopic (exact) mass is 424 g/mol. The summed E-state index contributed by atoms with van der Waals surface area (Å²) in [6.07, 6.45) is 2.32. The lowest BCUT2D eigenvalue weighted by molar-refractivity contribution is -0.131. The molecule has 3 heterocycles. The van der Waals surface area contributed by atoms with Gasteiger partial charge in [0, 0.05) is 49.2 Å². The van der Waals surface area contributed by atoms with Gasteiger partial charge in [-0.1, -0.05) is 35.9 Å². The number of pyridine rings is 1. The molecule has 0 atom stereocenters. The van der Waals surface area contributed by atoms with Crippen molar-refractivity contribution in [2.24, 2.45) is 4.99 Å². The van der Waals surface area contributed by atoms with Crippen LogP contribution in [0.4, 0.5) is 0 Å². The highest BCUT2D eigenvalue weighted by Gasteiger charge is 2.26. The molecule has 32 heavy (non-hydrogen) atoms. The number of carbonyl (C=O) groups is 1. The topological polar surface area (TPSA) is 57.6 Å². The van der Waals surface area contributed by atoms with E-state index in [0.29, 0.717) is 26.1 Å². The average molecular weight is 425 g/mol. The van der Waals surface area contributed by atoms with E-state index in [2.05, 4.69) is 59.7 Å². The van der Waals surface area contributed by atoms with Crippen LogP contribution < -0.4 is 5.32 Å². The van der Waals surface area contributed by atoms with Gasteiger partial charge >= 0.3 is 0 Å². The Morgan fingerprint density at radius 3 is 2.78 bits per heavy atom.